The summed E-state index contributed by atoms with van der Waals surface area (Å²) in [6.45, 7) is 17.9. The lowest BCUT2D eigenvalue weighted by atomic mass is 9.96. The molecule has 1 amide bonds. The van der Waals surface area contributed by atoms with Crippen LogP contribution in [0.4, 0.5) is 0 Å². The van der Waals surface area contributed by atoms with E-state index in [1.807, 2.05) is 20.8 Å². The number of rotatable bonds is 9. The van der Waals surface area contributed by atoms with Gasteiger partial charge in [0, 0.05) is 50.7 Å². The highest BCUT2D eigenvalue weighted by Gasteiger charge is 2.20. The lowest BCUT2D eigenvalue weighted by Gasteiger charge is -2.30. The standard InChI is InChI=1S/C18H39N5O.HI/c1-14(2)23(15(3)4)13-9-10-21-17(19-8)22-12-11-20-16(24)18(5,6)7;/h14-15H,9-13H2,1-8H3,(H,20,24)(H2,19,21,22);1H. The molecular weight excluding hydrogens is 429 g/mol. The van der Waals surface area contributed by atoms with Crippen LogP contribution in [-0.4, -0.2) is 62.1 Å². The van der Waals surface area contributed by atoms with Gasteiger partial charge in [-0.2, -0.15) is 0 Å². The molecule has 0 aromatic heterocycles. The zero-order valence-electron chi connectivity index (χ0n) is 17.4. The number of nitrogens with zero attached hydrogens (tertiary/aromatic N) is 2. The molecule has 0 atom stereocenters. The lowest BCUT2D eigenvalue weighted by Crippen LogP contribution is -2.44. The molecule has 0 aliphatic rings. The van der Waals surface area contributed by atoms with Gasteiger partial charge >= 0.3 is 0 Å². The summed E-state index contributed by atoms with van der Waals surface area (Å²) in [5.74, 6) is 0.843. The Balaban J connectivity index is 0. The van der Waals surface area contributed by atoms with E-state index in [1.54, 1.807) is 7.05 Å². The van der Waals surface area contributed by atoms with E-state index in [0.29, 0.717) is 25.2 Å². The lowest BCUT2D eigenvalue weighted by molar-refractivity contribution is -0.128. The largest absolute Gasteiger partial charge is 0.356 e. The van der Waals surface area contributed by atoms with Gasteiger partial charge in [-0.15, -0.1) is 24.0 Å². The van der Waals surface area contributed by atoms with Gasteiger partial charge in [0.1, 0.15) is 0 Å². The number of guanidine groups is 1. The maximum absolute atomic E-state index is 11.8. The van der Waals surface area contributed by atoms with E-state index >= 15 is 0 Å². The molecule has 0 unspecified atom stereocenters. The van der Waals surface area contributed by atoms with Crippen molar-refractivity contribution in [3.63, 3.8) is 0 Å². The van der Waals surface area contributed by atoms with Crippen LogP contribution >= 0.6 is 24.0 Å². The first-order valence-corrected chi connectivity index (χ1v) is 9.08. The summed E-state index contributed by atoms with van der Waals surface area (Å²) in [5.41, 5.74) is -0.349. The highest BCUT2D eigenvalue weighted by atomic mass is 127. The summed E-state index contributed by atoms with van der Waals surface area (Å²) in [5, 5.41) is 9.46. The molecule has 0 aliphatic carbocycles. The topological polar surface area (TPSA) is 68.8 Å². The van der Waals surface area contributed by atoms with Crippen LogP contribution in [0.2, 0.25) is 0 Å². The highest BCUT2D eigenvalue weighted by Crippen LogP contribution is 2.11. The normalized spacial score (nSPS) is 12.4. The molecule has 7 heteroatoms. The molecule has 0 saturated heterocycles. The van der Waals surface area contributed by atoms with Gasteiger partial charge in [0.2, 0.25) is 5.91 Å². The van der Waals surface area contributed by atoms with E-state index in [-0.39, 0.29) is 35.3 Å². The molecule has 25 heavy (non-hydrogen) atoms. The number of amides is 1. The van der Waals surface area contributed by atoms with Crippen molar-refractivity contribution in [1.82, 2.24) is 20.9 Å². The molecule has 0 aromatic rings. The second-order valence-corrected chi connectivity index (χ2v) is 7.71. The number of hydrogen-bond acceptors (Lipinski definition) is 3. The van der Waals surface area contributed by atoms with Crippen LogP contribution in [0.1, 0.15) is 54.9 Å². The van der Waals surface area contributed by atoms with E-state index in [1.165, 1.54) is 0 Å². The van der Waals surface area contributed by atoms with Gasteiger partial charge < -0.3 is 16.0 Å². The molecule has 0 heterocycles. The van der Waals surface area contributed by atoms with Crippen LogP contribution in [0.15, 0.2) is 4.99 Å². The molecular formula is C18H40IN5O. The van der Waals surface area contributed by atoms with Gasteiger partial charge in [-0.1, -0.05) is 20.8 Å². The van der Waals surface area contributed by atoms with Crippen LogP contribution < -0.4 is 16.0 Å². The van der Waals surface area contributed by atoms with E-state index in [4.69, 9.17) is 0 Å². The van der Waals surface area contributed by atoms with Crippen LogP contribution in [0.5, 0.6) is 0 Å². The molecule has 0 aromatic carbocycles. The average molecular weight is 469 g/mol. The van der Waals surface area contributed by atoms with E-state index in [0.717, 1.165) is 25.5 Å². The van der Waals surface area contributed by atoms with Crippen molar-refractivity contribution in [1.29, 1.82) is 0 Å². The Labute approximate surface area is 172 Å². The summed E-state index contributed by atoms with van der Waals surface area (Å²) < 4.78 is 0. The van der Waals surface area contributed by atoms with Crippen molar-refractivity contribution >= 4 is 35.8 Å². The number of hydrogen-bond donors (Lipinski definition) is 3. The van der Waals surface area contributed by atoms with E-state index < -0.39 is 0 Å². The fourth-order valence-electron chi connectivity index (χ4n) is 2.42. The number of carbonyl (C=O) groups excluding carboxylic acids is 1. The molecule has 0 radical (unpaired) electrons. The van der Waals surface area contributed by atoms with Crippen LogP contribution in [0.25, 0.3) is 0 Å². The summed E-state index contributed by atoms with van der Waals surface area (Å²) in [6.07, 6.45) is 1.07. The second kappa shape index (κ2) is 13.6. The van der Waals surface area contributed by atoms with Crippen molar-refractivity contribution in [2.75, 3.05) is 33.2 Å². The van der Waals surface area contributed by atoms with Crippen molar-refractivity contribution < 1.29 is 4.79 Å². The minimum Gasteiger partial charge on any atom is -0.356 e. The van der Waals surface area contributed by atoms with Gasteiger partial charge in [0.15, 0.2) is 5.96 Å². The summed E-state index contributed by atoms with van der Waals surface area (Å²) in [6, 6.07) is 1.13. The Morgan fingerprint density at radius 2 is 1.44 bits per heavy atom. The quantitative estimate of drug-likeness (QED) is 0.210. The Bertz CT molecular complexity index is 383. The fraction of sp³-hybridized carbons (Fsp3) is 0.889. The minimum absolute atomic E-state index is 0. The molecule has 150 valence electrons. The van der Waals surface area contributed by atoms with Crippen molar-refractivity contribution in [3.8, 4) is 0 Å². The average Bonchev–Trinajstić information content (AvgIpc) is 2.46. The number of aliphatic imine (C=N–C) groups is 1. The van der Waals surface area contributed by atoms with Crippen LogP contribution in [0, 0.1) is 5.41 Å². The van der Waals surface area contributed by atoms with E-state index in [9.17, 15) is 4.79 Å². The second-order valence-electron chi connectivity index (χ2n) is 7.71. The molecule has 0 fully saturated rings. The van der Waals surface area contributed by atoms with Crippen LogP contribution in [-0.2, 0) is 4.79 Å². The predicted octanol–water partition coefficient (Wildman–Crippen LogP) is 2.44. The summed E-state index contributed by atoms with van der Waals surface area (Å²) >= 11 is 0. The molecule has 0 saturated carbocycles. The minimum atomic E-state index is -0.349. The van der Waals surface area contributed by atoms with E-state index in [2.05, 4.69) is 53.5 Å². The molecule has 3 N–H and O–H groups in total. The molecule has 0 bridgehead atoms. The monoisotopic (exact) mass is 469 g/mol. The van der Waals surface area contributed by atoms with Crippen molar-refractivity contribution in [2.45, 2.75) is 67.0 Å². The van der Waals surface area contributed by atoms with Gasteiger partial charge in [0.05, 0.1) is 0 Å². The number of nitrogens with one attached hydrogen (secondary N) is 3. The Morgan fingerprint density at radius 1 is 0.960 bits per heavy atom. The zero-order chi connectivity index (χ0) is 18.8. The Morgan fingerprint density at radius 3 is 1.88 bits per heavy atom. The summed E-state index contributed by atoms with van der Waals surface area (Å²) in [7, 11) is 1.76. The number of carbonyl (C=O) groups is 1. The summed E-state index contributed by atoms with van der Waals surface area (Å²) in [4.78, 5) is 18.5. The maximum Gasteiger partial charge on any atom is 0.225 e. The molecule has 6 nitrogen and oxygen atoms in total. The molecule has 0 rings (SSSR count). The third-order valence-corrected chi connectivity index (χ3v) is 3.82. The van der Waals surface area contributed by atoms with Gasteiger partial charge in [-0.05, 0) is 34.1 Å². The third kappa shape index (κ3) is 12.4. The zero-order valence-corrected chi connectivity index (χ0v) is 19.7. The highest BCUT2D eigenvalue weighted by molar-refractivity contribution is 14.0. The fourth-order valence-corrected chi connectivity index (χ4v) is 2.42. The van der Waals surface area contributed by atoms with Gasteiger partial charge in [-0.25, -0.2) is 0 Å². The van der Waals surface area contributed by atoms with Crippen molar-refractivity contribution in [3.05, 3.63) is 0 Å². The first-order chi connectivity index (χ1) is 11.1. The van der Waals surface area contributed by atoms with Crippen molar-refractivity contribution in [2.24, 2.45) is 10.4 Å². The van der Waals surface area contributed by atoms with Gasteiger partial charge in [-0.3, -0.25) is 14.7 Å². The Kier molecular flexibility index (Phi) is 14.5. The maximum atomic E-state index is 11.8. The number of halogens is 1. The first kappa shape index (κ1) is 26.7. The molecule has 0 aliphatic heterocycles. The van der Waals surface area contributed by atoms with Gasteiger partial charge in [0.25, 0.3) is 0 Å². The first-order valence-electron chi connectivity index (χ1n) is 9.08. The molecule has 0 spiro atoms. The smallest absolute Gasteiger partial charge is 0.225 e. The van der Waals surface area contributed by atoms with Crippen LogP contribution in [0.3, 0.4) is 0 Å². The SMILES string of the molecule is CN=C(NCCCN(C(C)C)C(C)C)NCCNC(=O)C(C)(C)C.I. The Hall–Kier alpha value is -0.570. The predicted molar refractivity (Wildman–Crippen MR) is 119 cm³/mol. The third-order valence-electron chi connectivity index (χ3n) is 3.82.